The van der Waals surface area contributed by atoms with Crippen LogP contribution >= 0.6 is 15.9 Å². The van der Waals surface area contributed by atoms with Gasteiger partial charge in [-0.1, -0.05) is 28.9 Å². The predicted octanol–water partition coefficient (Wildman–Crippen LogP) is 2.96. The lowest BCUT2D eigenvalue weighted by Gasteiger charge is -2.15. The number of alkyl halides is 1. The summed E-state index contributed by atoms with van der Waals surface area (Å²) in [6, 6.07) is 4.07. The van der Waals surface area contributed by atoms with Crippen LogP contribution in [0, 0.1) is 5.82 Å². The van der Waals surface area contributed by atoms with Crippen molar-refractivity contribution in [2.75, 3.05) is 0 Å². The van der Waals surface area contributed by atoms with Gasteiger partial charge in [-0.2, -0.15) is 0 Å². The highest BCUT2D eigenvalue weighted by atomic mass is 79.9. The SMILES string of the molecule is CCC(Oc1cc(F)ccc1CBr)C(=O)O. The Kier molecular flexibility index (Phi) is 4.73. The first-order valence-corrected chi connectivity index (χ1v) is 5.94. The van der Waals surface area contributed by atoms with Gasteiger partial charge in [0.25, 0.3) is 0 Å². The first kappa shape index (κ1) is 13.0. The van der Waals surface area contributed by atoms with Gasteiger partial charge in [0.1, 0.15) is 11.6 Å². The normalized spacial score (nSPS) is 12.2. The lowest BCUT2D eigenvalue weighted by molar-refractivity contribution is -0.145. The molecule has 0 saturated carbocycles. The van der Waals surface area contributed by atoms with E-state index < -0.39 is 17.9 Å². The molecule has 0 aliphatic heterocycles. The topological polar surface area (TPSA) is 46.5 Å². The number of halogens is 2. The number of hydrogen-bond acceptors (Lipinski definition) is 2. The maximum Gasteiger partial charge on any atom is 0.344 e. The molecular formula is C11H12BrFO3. The Labute approximate surface area is 101 Å². The molecule has 0 saturated heterocycles. The first-order chi connectivity index (χ1) is 7.58. The summed E-state index contributed by atoms with van der Waals surface area (Å²) >= 11 is 3.23. The molecule has 0 aromatic heterocycles. The Morgan fingerprint density at radius 1 is 1.62 bits per heavy atom. The zero-order valence-electron chi connectivity index (χ0n) is 8.74. The third kappa shape index (κ3) is 3.20. The van der Waals surface area contributed by atoms with Gasteiger partial charge in [0, 0.05) is 17.0 Å². The minimum atomic E-state index is -1.05. The van der Waals surface area contributed by atoms with Gasteiger partial charge >= 0.3 is 5.97 Å². The van der Waals surface area contributed by atoms with Crippen LogP contribution in [0.2, 0.25) is 0 Å². The highest BCUT2D eigenvalue weighted by molar-refractivity contribution is 9.08. The number of rotatable bonds is 5. The zero-order chi connectivity index (χ0) is 12.1. The molecular weight excluding hydrogens is 279 g/mol. The lowest BCUT2D eigenvalue weighted by atomic mass is 10.2. The van der Waals surface area contributed by atoms with Gasteiger partial charge in [-0.25, -0.2) is 9.18 Å². The molecule has 1 N–H and O–H groups in total. The average molecular weight is 291 g/mol. The standard InChI is InChI=1S/C11H12BrFO3/c1-2-9(11(14)15)16-10-5-8(13)4-3-7(10)6-12/h3-5,9H,2,6H2,1H3,(H,14,15). The van der Waals surface area contributed by atoms with Gasteiger partial charge in [0.15, 0.2) is 6.10 Å². The third-order valence-electron chi connectivity index (χ3n) is 2.09. The summed E-state index contributed by atoms with van der Waals surface area (Å²) in [6.07, 6.45) is -0.618. The van der Waals surface area contributed by atoms with Crippen molar-refractivity contribution in [3.05, 3.63) is 29.6 Å². The van der Waals surface area contributed by atoms with E-state index in [-0.39, 0.29) is 5.75 Å². The molecule has 0 radical (unpaired) electrons. The maximum absolute atomic E-state index is 13.0. The minimum Gasteiger partial charge on any atom is -0.479 e. The van der Waals surface area contributed by atoms with Crippen molar-refractivity contribution in [1.29, 1.82) is 0 Å². The molecule has 1 unspecified atom stereocenters. The summed E-state index contributed by atoms with van der Waals surface area (Å²) in [5.74, 6) is -1.22. The Balaban J connectivity index is 2.93. The Hall–Kier alpha value is -1.10. The second-order valence-electron chi connectivity index (χ2n) is 3.24. The van der Waals surface area contributed by atoms with Crippen LogP contribution in [-0.4, -0.2) is 17.2 Å². The number of carboxylic acid groups (broad SMARTS) is 1. The minimum absolute atomic E-state index is 0.270. The molecule has 0 amide bonds. The number of carboxylic acids is 1. The highest BCUT2D eigenvalue weighted by Crippen LogP contribution is 2.24. The van der Waals surface area contributed by atoms with Crippen LogP contribution in [0.5, 0.6) is 5.75 Å². The predicted molar refractivity (Wildman–Crippen MR) is 61.4 cm³/mol. The van der Waals surface area contributed by atoms with Gasteiger partial charge in [0.05, 0.1) is 0 Å². The smallest absolute Gasteiger partial charge is 0.344 e. The maximum atomic E-state index is 13.0. The average Bonchev–Trinajstić information content (AvgIpc) is 2.25. The van der Waals surface area contributed by atoms with Crippen molar-refractivity contribution in [3.63, 3.8) is 0 Å². The lowest BCUT2D eigenvalue weighted by Crippen LogP contribution is -2.26. The van der Waals surface area contributed by atoms with Crippen LogP contribution < -0.4 is 4.74 Å². The molecule has 1 rings (SSSR count). The molecule has 0 aliphatic rings. The quantitative estimate of drug-likeness (QED) is 0.848. The van der Waals surface area contributed by atoms with Gasteiger partial charge in [-0.3, -0.25) is 0 Å². The van der Waals surface area contributed by atoms with E-state index in [4.69, 9.17) is 9.84 Å². The number of aliphatic carboxylic acids is 1. The van der Waals surface area contributed by atoms with E-state index in [0.717, 1.165) is 5.56 Å². The first-order valence-electron chi connectivity index (χ1n) is 4.82. The number of hydrogen-bond donors (Lipinski definition) is 1. The summed E-state index contributed by atoms with van der Waals surface area (Å²) in [5, 5.41) is 9.32. The molecule has 88 valence electrons. The van der Waals surface area contributed by atoms with Gasteiger partial charge < -0.3 is 9.84 Å². The van der Waals surface area contributed by atoms with E-state index in [9.17, 15) is 9.18 Å². The molecule has 16 heavy (non-hydrogen) atoms. The Morgan fingerprint density at radius 2 is 2.31 bits per heavy atom. The van der Waals surface area contributed by atoms with E-state index in [1.807, 2.05) is 0 Å². The summed E-state index contributed by atoms with van der Waals surface area (Å²) in [4.78, 5) is 10.8. The molecule has 3 nitrogen and oxygen atoms in total. The molecule has 1 aromatic carbocycles. The molecule has 5 heteroatoms. The van der Waals surface area contributed by atoms with Crippen molar-refractivity contribution in [1.82, 2.24) is 0 Å². The molecule has 0 heterocycles. The van der Waals surface area contributed by atoms with Crippen LogP contribution in [0.3, 0.4) is 0 Å². The third-order valence-corrected chi connectivity index (χ3v) is 2.69. The van der Waals surface area contributed by atoms with Crippen molar-refractivity contribution in [3.8, 4) is 5.75 Å². The largest absolute Gasteiger partial charge is 0.479 e. The van der Waals surface area contributed by atoms with Crippen molar-refractivity contribution >= 4 is 21.9 Å². The van der Waals surface area contributed by atoms with Gasteiger partial charge in [-0.15, -0.1) is 0 Å². The van der Waals surface area contributed by atoms with Crippen LogP contribution in [0.1, 0.15) is 18.9 Å². The second-order valence-corrected chi connectivity index (χ2v) is 3.80. The van der Waals surface area contributed by atoms with Crippen molar-refractivity contribution in [2.24, 2.45) is 0 Å². The van der Waals surface area contributed by atoms with Crippen LogP contribution in [0.4, 0.5) is 4.39 Å². The Morgan fingerprint density at radius 3 is 2.81 bits per heavy atom. The van der Waals surface area contributed by atoms with Crippen molar-refractivity contribution < 1.29 is 19.0 Å². The highest BCUT2D eigenvalue weighted by Gasteiger charge is 2.18. The Bertz CT molecular complexity index is 381. The van der Waals surface area contributed by atoms with Gasteiger partial charge in [-0.05, 0) is 12.5 Å². The van der Waals surface area contributed by atoms with E-state index in [0.29, 0.717) is 11.8 Å². The summed E-state index contributed by atoms with van der Waals surface area (Å²) in [6.45, 7) is 1.70. The number of carbonyl (C=O) groups is 1. The molecule has 1 atom stereocenters. The fourth-order valence-corrected chi connectivity index (χ4v) is 1.67. The molecule has 0 aliphatic carbocycles. The monoisotopic (exact) mass is 290 g/mol. The van der Waals surface area contributed by atoms with E-state index in [2.05, 4.69) is 15.9 Å². The second kappa shape index (κ2) is 5.84. The van der Waals surface area contributed by atoms with E-state index in [1.54, 1.807) is 13.0 Å². The van der Waals surface area contributed by atoms with E-state index in [1.165, 1.54) is 12.1 Å². The fraction of sp³-hybridized carbons (Fsp3) is 0.364. The number of ether oxygens (including phenoxy) is 1. The fourth-order valence-electron chi connectivity index (χ4n) is 1.21. The molecule has 0 spiro atoms. The van der Waals surface area contributed by atoms with Crippen LogP contribution in [0.25, 0.3) is 0 Å². The van der Waals surface area contributed by atoms with Gasteiger partial charge in [0.2, 0.25) is 0 Å². The van der Waals surface area contributed by atoms with E-state index >= 15 is 0 Å². The molecule has 1 aromatic rings. The van der Waals surface area contributed by atoms with Crippen molar-refractivity contribution in [2.45, 2.75) is 24.8 Å². The summed E-state index contributed by atoms with van der Waals surface area (Å²) < 4.78 is 18.3. The molecule has 0 bridgehead atoms. The van der Waals surface area contributed by atoms with Crippen LogP contribution in [0.15, 0.2) is 18.2 Å². The summed E-state index contributed by atoms with van der Waals surface area (Å²) in [5.41, 5.74) is 0.723. The number of benzene rings is 1. The zero-order valence-corrected chi connectivity index (χ0v) is 10.3. The summed E-state index contributed by atoms with van der Waals surface area (Å²) in [7, 11) is 0. The van der Waals surface area contributed by atoms with Crippen LogP contribution in [-0.2, 0) is 10.1 Å². The molecule has 0 fully saturated rings.